The van der Waals surface area contributed by atoms with Gasteiger partial charge in [0.05, 0.1) is 5.69 Å². The van der Waals surface area contributed by atoms with E-state index >= 15 is 0 Å². The number of pyridine rings is 1. The molecule has 4 heterocycles. The molecule has 0 atom stereocenters. The zero-order valence-corrected chi connectivity index (χ0v) is 14.9. The molecule has 5 nitrogen and oxygen atoms in total. The number of rotatable bonds is 2. The van der Waals surface area contributed by atoms with Crippen LogP contribution in [-0.2, 0) is 13.0 Å². The predicted molar refractivity (Wildman–Crippen MR) is 101 cm³/mol. The molecule has 2 aliphatic rings. The van der Waals surface area contributed by atoms with E-state index in [2.05, 4.69) is 15.2 Å². The molecule has 1 N–H and O–H groups in total. The van der Waals surface area contributed by atoms with E-state index in [-0.39, 0.29) is 0 Å². The second kappa shape index (κ2) is 7.91. The molecule has 0 saturated carbocycles. The molecule has 2 aromatic rings. The van der Waals surface area contributed by atoms with Crippen LogP contribution >= 0.6 is 0 Å². The number of hydrogen-bond acceptors (Lipinski definition) is 5. The van der Waals surface area contributed by atoms with Crippen molar-refractivity contribution >= 4 is 5.82 Å². The molecule has 1 saturated heterocycles. The van der Waals surface area contributed by atoms with Gasteiger partial charge in [0.25, 0.3) is 0 Å². The van der Waals surface area contributed by atoms with Gasteiger partial charge in [0.2, 0.25) is 0 Å². The first kappa shape index (κ1) is 16.5. The summed E-state index contributed by atoms with van der Waals surface area (Å²) in [4.78, 5) is 16.7. The molecular weight excluding hydrogens is 310 g/mol. The van der Waals surface area contributed by atoms with Crippen LogP contribution in [0.3, 0.4) is 0 Å². The monoisotopic (exact) mass is 337 g/mol. The largest absolute Gasteiger partial charge is 0.356 e. The Labute approximate surface area is 149 Å². The van der Waals surface area contributed by atoms with Gasteiger partial charge in [-0.15, -0.1) is 0 Å². The summed E-state index contributed by atoms with van der Waals surface area (Å²) in [5.74, 6) is 1.98. The molecule has 0 amide bonds. The SMILES string of the molecule is c1cncc(-c2nc3c(c(N4CCCCCCCC4)n2)CCNC3)c1. The third-order valence-corrected chi connectivity index (χ3v) is 5.24. The zero-order chi connectivity index (χ0) is 16.9. The fourth-order valence-electron chi connectivity index (χ4n) is 3.86. The fourth-order valence-corrected chi connectivity index (χ4v) is 3.86. The van der Waals surface area contributed by atoms with Crippen LogP contribution in [0.25, 0.3) is 11.4 Å². The molecule has 132 valence electrons. The molecule has 0 aliphatic carbocycles. The maximum absolute atomic E-state index is 5.03. The third-order valence-electron chi connectivity index (χ3n) is 5.24. The Bertz CT molecular complexity index is 691. The third kappa shape index (κ3) is 3.82. The fraction of sp³-hybridized carbons (Fsp3) is 0.550. The van der Waals surface area contributed by atoms with Crippen molar-refractivity contribution in [3.8, 4) is 11.4 Å². The van der Waals surface area contributed by atoms with E-state index < -0.39 is 0 Å². The minimum absolute atomic E-state index is 0.811. The van der Waals surface area contributed by atoms with Crippen LogP contribution in [0, 0.1) is 0 Å². The Balaban J connectivity index is 1.73. The molecule has 1 fully saturated rings. The van der Waals surface area contributed by atoms with Crippen molar-refractivity contribution in [1.82, 2.24) is 20.3 Å². The molecule has 2 aliphatic heterocycles. The Morgan fingerprint density at radius 2 is 1.76 bits per heavy atom. The summed E-state index contributed by atoms with van der Waals surface area (Å²) >= 11 is 0. The summed E-state index contributed by atoms with van der Waals surface area (Å²) in [5, 5.41) is 3.46. The van der Waals surface area contributed by atoms with Crippen LogP contribution in [0.5, 0.6) is 0 Å². The van der Waals surface area contributed by atoms with Crippen molar-refractivity contribution in [2.45, 2.75) is 51.5 Å². The number of aromatic nitrogens is 3. The Morgan fingerprint density at radius 3 is 2.52 bits per heavy atom. The van der Waals surface area contributed by atoms with Crippen molar-refractivity contribution in [2.75, 3.05) is 24.5 Å². The molecule has 0 spiro atoms. The van der Waals surface area contributed by atoms with E-state index in [1.54, 1.807) is 6.20 Å². The maximum Gasteiger partial charge on any atom is 0.163 e. The molecule has 4 rings (SSSR count). The number of anilines is 1. The summed E-state index contributed by atoms with van der Waals surface area (Å²) < 4.78 is 0. The van der Waals surface area contributed by atoms with Crippen LogP contribution in [-0.4, -0.2) is 34.6 Å². The van der Waals surface area contributed by atoms with Gasteiger partial charge in [-0.05, 0) is 37.9 Å². The first-order valence-electron chi connectivity index (χ1n) is 9.68. The van der Waals surface area contributed by atoms with Crippen LogP contribution in [0.4, 0.5) is 5.82 Å². The van der Waals surface area contributed by atoms with E-state index in [1.807, 2.05) is 18.3 Å². The second-order valence-corrected chi connectivity index (χ2v) is 7.07. The van der Waals surface area contributed by atoms with Gasteiger partial charge in [0.15, 0.2) is 5.82 Å². The summed E-state index contributed by atoms with van der Waals surface area (Å²) in [6.07, 6.45) is 12.6. The first-order chi connectivity index (χ1) is 12.4. The van der Waals surface area contributed by atoms with Gasteiger partial charge in [0.1, 0.15) is 5.82 Å². The van der Waals surface area contributed by atoms with Gasteiger partial charge in [-0.3, -0.25) is 4.98 Å². The van der Waals surface area contributed by atoms with Crippen LogP contribution < -0.4 is 10.2 Å². The first-order valence-corrected chi connectivity index (χ1v) is 9.68. The van der Waals surface area contributed by atoms with Crippen molar-refractivity contribution < 1.29 is 0 Å². The second-order valence-electron chi connectivity index (χ2n) is 7.07. The lowest BCUT2D eigenvalue weighted by Gasteiger charge is -2.29. The van der Waals surface area contributed by atoms with Gasteiger partial charge in [-0.25, -0.2) is 9.97 Å². The van der Waals surface area contributed by atoms with E-state index in [0.717, 1.165) is 49.7 Å². The van der Waals surface area contributed by atoms with Crippen molar-refractivity contribution in [1.29, 1.82) is 0 Å². The average molecular weight is 337 g/mol. The van der Waals surface area contributed by atoms with Gasteiger partial charge < -0.3 is 10.2 Å². The normalized spacial score (nSPS) is 18.8. The number of nitrogens with zero attached hydrogens (tertiary/aromatic N) is 4. The van der Waals surface area contributed by atoms with Gasteiger partial charge >= 0.3 is 0 Å². The average Bonchev–Trinajstić information content (AvgIpc) is 2.82. The van der Waals surface area contributed by atoms with Crippen LogP contribution in [0.1, 0.15) is 49.8 Å². The highest BCUT2D eigenvalue weighted by molar-refractivity contribution is 5.60. The lowest BCUT2D eigenvalue weighted by Crippen LogP contribution is -2.32. The van der Waals surface area contributed by atoms with Crippen molar-refractivity contribution in [3.05, 3.63) is 35.8 Å². The minimum atomic E-state index is 0.811. The number of fused-ring (bicyclic) bond motifs is 1. The smallest absolute Gasteiger partial charge is 0.163 e. The standard InChI is InChI=1S/C20H27N5/c1-2-4-6-13-25(12-5-3-1)20-17-9-11-22-15-18(17)23-19(24-20)16-8-7-10-21-14-16/h7-8,10,14,22H,1-6,9,11-13,15H2. The van der Waals surface area contributed by atoms with E-state index in [4.69, 9.17) is 9.97 Å². The minimum Gasteiger partial charge on any atom is -0.356 e. The summed E-state index contributed by atoms with van der Waals surface area (Å²) in [6, 6.07) is 4.00. The highest BCUT2D eigenvalue weighted by Crippen LogP contribution is 2.28. The van der Waals surface area contributed by atoms with Crippen molar-refractivity contribution in [2.24, 2.45) is 0 Å². The summed E-state index contributed by atoms with van der Waals surface area (Å²) in [7, 11) is 0. The van der Waals surface area contributed by atoms with Gasteiger partial charge in [0, 0.05) is 43.2 Å². The molecule has 0 aromatic carbocycles. The predicted octanol–water partition coefficient (Wildman–Crippen LogP) is 3.34. The molecular formula is C20H27N5. The molecule has 0 radical (unpaired) electrons. The van der Waals surface area contributed by atoms with Gasteiger partial charge in [-0.1, -0.05) is 25.7 Å². The quantitative estimate of drug-likeness (QED) is 0.911. The number of nitrogens with one attached hydrogen (secondary N) is 1. The molecule has 5 heteroatoms. The van der Waals surface area contributed by atoms with E-state index in [1.165, 1.54) is 49.9 Å². The number of hydrogen-bond donors (Lipinski definition) is 1. The van der Waals surface area contributed by atoms with E-state index in [9.17, 15) is 0 Å². The van der Waals surface area contributed by atoms with Crippen molar-refractivity contribution in [3.63, 3.8) is 0 Å². The highest BCUT2D eigenvalue weighted by Gasteiger charge is 2.22. The summed E-state index contributed by atoms with van der Waals surface area (Å²) in [6.45, 7) is 4.09. The Morgan fingerprint density at radius 1 is 0.960 bits per heavy atom. The van der Waals surface area contributed by atoms with Crippen LogP contribution in [0.15, 0.2) is 24.5 Å². The highest BCUT2D eigenvalue weighted by atomic mass is 15.2. The van der Waals surface area contributed by atoms with Crippen LogP contribution in [0.2, 0.25) is 0 Å². The molecule has 25 heavy (non-hydrogen) atoms. The molecule has 2 aromatic heterocycles. The van der Waals surface area contributed by atoms with Gasteiger partial charge in [-0.2, -0.15) is 0 Å². The lowest BCUT2D eigenvalue weighted by atomic mass is 10.1. The Hall–Kier alpha value is -2.01. The molecule has 0 unspecified atom stereocenters. The summed E-state index contributed by atoms with van der Waals surface area (Å²) in [5.41, 5.74) is 3.52. The maximum atomic E-state index is 5.03. The topological polar surface area (TPSA) is 53.9 Å². The lowest BCUT2D eigenvalue weighted by molar-refractivity contribution is 0.615. The Kier molecular flexibility index (Phi) is 5.21. The zero-order valence-electron chi connectivity index (χ0n) is 14.9. The molecule has 0 bridgehead atoms. The van der Waals surface area contributed by atoms with E-state index in [0.29, 0.717) is 0 Å².